The van der Waals surface area contributed by atoms with Crippen LogP contribution in [0.5, 0.6) is 0 Å². The Bertz CT molecular complexity index is 1480. The maximum absolute atomic E-state index is 12.9. The molecule has 430 valence electrons. The Morgan fingerprint density at radius 1 is 0.280 bits per heavy atom. The van der Waals surface area contributed by atoms with Crippen molar-refractivity contribution in [2.45, 2.75) is 309 Å². The number of carbonyl (C=O) groups excluding carboxylic acids is 3. The molecule has 0 N–H and O–H groups in total. The normalized spacial score (nSPS) is 12.7. The van der Waals surface area contributed by atoms with Crippen molar-refractivity contribution in [2.75, 3.05) is 13.2 Å². The minimum Gasteiger partial charge on any atom is -0.462 e. The zero-order valence-electron chi connectivity index (χ0n) is 49.3. The highest BCUT2D eigenvalue weighted by atomic mass is 16.6. The topological polar surface area (TPSA) is 78.9 Å². The van der Waals surface area contributed by atoms with Gasteiger partial charge in [0.2, 0.25) is 0 Å². The van der Waals surface area contributed by atoms with Gasteiger partial charge in [-0.2, -0.15) is 0 Å². The van der Waals surface area contributed by atoms with Crippen molar-refractivity contribution in [2.24, 2.45) is 0 Å². The van der Waals surface area contributed by atoms with Crippen LogP contribution in [0.15, 0.2) is 97.2 Å². The Morgan fingerprint density at radius 3 is 0.827 bits per heavy atom. The van der Waals surface area contributed by atoms with Crippen LogP contribution >= 0.6 is 0 Å². The molecular weight excluding hydrogens is 925 g/mol. The summed E-state index contributed by atoms with van der Waals surface area (Å²) in [5.74, 6) is -0.896. The first kappa shape index (κ1) is 71.3. The summed E-state index contributed by atoms with van der Waals surface area (Å²) >= 11 is 0. The van der Waals surface area contributed by atoms with Crippen LogP contribution in [0.2, 0.25) is 0 Å². The highest BCUT2D eigenvalue weighted by Gasteiger charge is 2.19. The van der Waals surface area contributed by atoms with Crippen molar-refractivity contribution >= 4 is 17.9 Å². The zero-order valence-corrected chi connectivity index (χ0v) is 49.3. The zero-order chi connectivity index (χ0) is 54.3. The second-order valence-corrected chi connectivity index (χ2v) is 20.9. The summed E-state index contributed by atoms with van der Waals surface area (Å²) in [6.45, 7) is 6.52. The summed E-state index contributed by atoms with van der Waals surface area (Å²) in [6, 6.07) is 0. The monoisotopic (exact) mass is 1040 g/mol. The number of ether oxygens (including phenoxy) is 3. The summed E-state index contributed by atoms with van der Waals surface area (Å²) in [6.07, 6.45) is 84.1. The van der Waals surface area contributed by atoms with Crippen LogP contribution in [0.1, 0.15) is 303 Å². The first-order valence-electron chi connectivity index (χ1n) is 31.7. The Labute approximate surface area is 464 Å². The molecule has 0 rings (SSSR count). The van der Waals surface area contributed by atoms with Gasteiger partial charge >= 0.3 is 17.9 Å². The van der Waals surface area contributed by atoms with E-state index in [1.807, 2.05) is 0 Å². The van der Waals surface area contributed by atoms with Gasteiger partial charge in [0.25, 0.3) is 0 Å². The van der Waals surface area contributed by atoms with E-state index in [4.69, 9.17) is 14.2 Å². The van der Waals surface area contributed by atoms with Crippen LogP contribution < -0.4 is 0 Å². The number of carbonyl (C=O) groups is 3. The van der Waals surface area contributed by atoms with Gasteiger partial charge in [-0.15, -0.1) is 0 Å². The highest BCUT2D eigenvalue weighted by molar-refractivity contribution is 5.71. The molecule has 0 aromatic carbocycles. The summed E-state index contributed by atoms with van der Waals surface area (Å²) in [4.78, 5) is 38.2. The largest absolute Gasteiger partial charge is 0.462 e. The first-order valence-corrected chi connectivity index (χ1v) is 31.7. The number of rotatable bonds is 57. The van der Waals surface area contributed by atoms with Gasteiger partial charge < -0.3 is 14.2 Å². The Balaban J connectivity index is 4.33. The van der Waals surface area contributed by atoms with Crippen molar-refractivity contribution < 1.29 is 28.6 Å². The van der Waals surface area contributed by atoms with Gasteiger partial charge in [-0.1, -0.05) is 279 Å². The average Bonchev–Trinajstić information content (AvgIpc) is 3.41. The predicted octanol–water partition coefficient (Wildman–Crippen LogP) is 21.7. The van der Waals surface area contributed by atoms with E-state index in [2.05, 4.69) is 118 Å². The Kier molecular flexibility index (Phi) is 59.8. The lowest BCUT2D eigenvalue weighted by molar-refractivity contribution is -0.167. The minimum atomic E-state index is -0.786. The van der Waals surface area contributed by atoms with Crippen LogP contribution in [-0.2, 0) is 28.6 Å². The van der Waals surface area contributed by atoms with Crippen LogP contribution in [0, 0.1) is 0 Å². The van der Waals surface area contributed by atoms with Crippen molar-refractivity contribution in [3.05, 3.63) is 97.2 Å². The van der Waals surface area contributed by atoms with Crippen molar-refractivity contribution in [3.63, 3.8) is 0 Å². The summed E-state index contributed by atoms with van der Waals surface area (Å²) in [7, 11) is 0. The van der Waals surface area contributed by atoms with Gasteiger partial charge in [-0.25, -0.2) is 0 Å². The maximum atomic E-state index is 12.9. The van der Waals surface area contributed by atoms with E-state index in [9.17, 15) is 14.4 Å². The molecule has 0 bridgehead atoms. The molecule has 0 saturated carbocycles. The number of unbranched alkanes of at least 4 members (excludes halogenated alkanes) is 30. The second kappa shape index (κ2) is 62.9. The summed E-state index contributed by atoms with van der Waals surface area (Å²) in [5, 5.41) is 0. The lowest BCUT2D eigenvalue weighted by Gasteiger charge is -2.18. The molecule has 0 aliphatic carbocycles. The molecule has 0 aromatic heterocycles. The average molecular weight is 1040 g/mol. The molecule has 0 aromatic rings. The second-order valence-electron chi connectivity index (χ2n) is 20.9. The molecule has 6 nitrogen and oxygen atoms in total. The SMILES string of the molecule is CC/C=C\C/C=C\C/C=C\C/C=C\C/C=C\C/C=C\C/C=C\CCCCCCCC(=O)OCC(COC(=O)CCCCCCCCCCCCC)OC(=O)CCCCCCCCCCC/C=C\CCCCCCCC. The molecule has 0 heterocycles. The van der Waals surface area contributed by atoms with E-state index >= 15 is 0 Å². The molecule has 1 unspecified atom stereocenters. The first-order chi connectivity index (χ1) is 37.0. The van der Waals surface area contributed by atoms with Crippen molar-refractivity contribution in [1.29, 1.82) is 0 Å². The Hall–Kier alpha value is -3.67. The van der Waals surface area contributed by atoms with Crippen molar-refractivity contribution in [1.82, 2.24) is 0 Å². The minimum absolute atomic E-state index is 0.0821. The molecule has 0 radical (unpaired) electrons. The third kappa shape index (κ3) is 61.1. The van der Waals surface area contributed by atoms with E-state index < -0.39 is 6.10 Å². The Morgan fingerprint density at radius 2 is 0.520 bits per heavy atom. The van der Waals surface area contributed by atoms with E-state index in [1.165, 1.54) is 141 Å². The molecule has 0 aliphatic rings. The molecule has 75 heavy (non-hydrogen) atoms. The smallest absolute Gasteiger partial charge is 0.306 e. The van der Waals surface area contributed by atoms with E-state index in [0.29, 0.717) is 19.3 Å². The van der Waals surface area contributed by atoms with Gasteiger partial charge in [0, 0.05) is 19.3 Å². The third-order valence-corrected chi connectivity index (χ3v) is 13.6. The van der Waals surface area contributed by atoms with Crippen LogP contribution in [-0.4, -0.2) is 37.2 Å². The summed E-state index contributed by atoms with van der Waals surface area (Å²) < 4.78 is 16.9. The highest BCUT2D eigenvalue weighted by Crippen LogP contribution is 2.16. The number of esters is 3. The lowest BCUT2D eigenvalue weighted by Crippen LogP contribution is -2.30. The molecule has 0 spiro atoms. The van der Waals surface area contributed by atoms with Gasteiger partial charge in [0.05, 0.1) is 0 Å². The molecule has 0 aliphatic heterocycles. The quantitative estimate of drug-likeness (QED) is 0.0261. The molecule has 1 atom stereocenters. The van der Waals surface area contributed by atoms with Gasteiger partial charge in [-0.05, 0) is 103 Å². The molecule has 0 amide bonds. The van der Waals surface area contributed by atoms with Gasteiger partial charge in [0.15, 0.2) is 6.10 Å². The fraction of sp³-hybridized carbons (Fsp3) is 0.725. The van der Waals surface area contributed by atoms with Crippen LogP contribution in [0.25, 0.3) is 0 Å². The molecule has 0 fully saturated rings. The van der Waals surface area contributed by atoms with Crippen LogP contribution in [0.4, 0.5) is 0 Å². The molecular formula is C69H118O6. The third-order valence-electron chi connectivity index (χ3n) is 13.6. The van der Waals surface area contributed by atoms with Crippen LogP contribution in [0.3, 0.4) is 0 Å². The number of hydrogen-bond acceptors (Lipinski definition) is 6. The standard InChI is InChI=1S/C69H118O6/c1-4-7-10-13-16-19-22-24-26-28-30-31-32-33-34-35-36-37-39-40-42-44-47-50-53-56-59-62-68(71)74-65-66(64-73-67(70)61-58-55-52-49-46-21-18-15-12-9-6-3)75-69(72)63-60-57-54-51-48-45-43-41-38-29-27-25-23-20-17-14-11-8-5-2/h7,10,16,19,24-27,30-31,33-34,36-37,40,42,66H,4-6,8-9,11-15,17-18,20-23,28-29,32,35,38-39,41,43-65H2,1-3H3/b10-7-,19-16-,26-24-,27-25-,31-30-,34-33-,37-36-,42-40-. The van der Waals surface area contributed by atoms with Crippen molar-refractivity contribution in [3.8, 4) is 0 Å². The van der Waals surface area contributed by atoms with E-state index in [0.717, 1.165) is 122 Å². The maximum Gasteiger partial charge on any atom is 0.306 e. The molecule has 6 heteroatoms. The summed E-state index contributed by atoms with van der Waals surface area (Å²) in [5.41, 5.74) is 0. The predicted molar refractivity (Wildman–Crippen MR) is 325 cm³/mol. The van der Waals surface area contributed by atoms with E-state index in [1.54, 1.807) is 0 Å². The fourth-order valence-corrected chi connectivity index (χ4v) is 8.83. The lowest BCUT2D eigenvalue weighted by atomic mass is 10.1. The van der Waals surface area contributed by atoms with Gasteiger partial charge in [0.1, 0.15) is 13.2 Å². The van der Waals surface area contributed by atoms with Gasteiger partial charge in [-0.3, -0.25) is 14.4 Å². The number of hydrogen-bond donors (Lipinski definition) is 0. The fourth-order valence-electron chi connectivity index (χ4n) is 8.83. The molecule has 0 saturated heterocycles. The number of allylic oxidation sites excluding steroid dienone is 16. The van der Waals surface area contributed by atoms with E-state index in [-0.39, 0.29) is 31.1 Å².